The van der Waals surface area contributed by atoms with Crippen LogP contribution < -0.4 is 4.18 Å². The van der Waals surface area contributed by atoms with Crippen molar-refractivity contribution in [1.29, 1.82) is 0 Å². The predicted octanol–water partition coefficient (Wildman–Crippen LogP) is 4.30. The largest absolute Gasteiger partial charge is 0.413 e. The van der Waals surface area contributed by atoms with E-state index in [1.54, 1.807) is 25.1 Å². The van der Waals surface area contributed by atoms with Crippen molar-refractivity contribution in [3.05, 3.63) is 63.7 Å². The molecule has 0 fully saturated rings. The van der Waals surface area contributed by atoms with Crippen LogP contribution in [0.5, 0.6) is 5.75 Å². The van der Waals surface area contributed by atoms with Gasteiger partial charge in [-0.05, 0) is 32.0 Å². The normalized spacial score (nSPS) is 10.2. The summed E-state index contributed by atoms with van der Waals surface area (Å²) in [4.78, 5) is 11.5. The average Bonchev–Trinajstić information content (AvgIpc) is 2.37. The van der Waals surface area contributed by atoms with Crippen LogP contribution in [0.25, 0.3) is 0 Å². The van der Waals surface area contributed by atoms with Crippen LogP contribution >= 0.6 is 12.0 Å². The molecule has 0 bridgehead atoms. The van der Waals surface area contributed by atoms with E-state index in [1.807, 2.05) is 31.2 Å². The highest BCUT2D eigenvalue weighted by Crippen LogP contribution is 2.34. The lowest BCUT2D eigenvalue weighted by Crippen LogP contribution is -1.95. The second-order valence-electron chi connectivity index (χ2n) is 4.16. The topological polar surface area (TPSA) is 52.4 Å². The number of aryl methyl sites for hydroxylation is 2. The van der Waals surface area contributed by atoms with Crippen molar-refractivity contribution in [2.24, 2.45) is 0 Å². The Balaban J connectivity index is 2.18. The van der Waals surface area contributed by atoms with E-state index in [2.05, 4.69) is 0 Å². The van der Waals surface area contributed by atoms with Gasteiger partial charge in [-0.2, -0.15) is 0 Å². The van der Waals surface area contributed by atoms with Crippen molar-refractivity contribution in [2.45, 2.75) is 18.7 Å². The molecule has 0 aromatic heterocycles. The molecule has 98 valence electrons. The number of nitro benzene ring substituents is 1. The van der Waals surface area contributed by atoms with Gasteiger partial charge in [0.2, 0.25) is 5.75 Å². The third-order valence-electron chi connectivity index (χ3n) is 2.63. The van der Waals surface area contributed by atoms with Gasteiger partial charge in [0.05, 0.1) is 17.0 Å². The van der Waals surface area contributed by atoms with Gasteiger partial charge < -0.3 is 4.18 Å². The Hall–Kier alpha value is -2.01. The van der Waals surface area contributed by atoms with Gasteiger partial charge in [0.1, 0.15) is 0 Å². The minimum absolute atomic E-state index is 0.0158. The summed E-state index contributed by atoms with van der Waals surface area (Å²) < 4.78 is 5.48. The van der Waals surface area contributed by atoms with Crippen molar-refractivity contribution in [3.8, 4) is 5.75 Å². The molecule has 0 amide bonds. The molecular formula is C14H13NO3S. The minimum atomic E-state index is -0.416. The molecule has 2 aromatic carbocycles. The second-order valence-corrected chi connectivity index (χ2v) is 4.96. The van der Waals surface area contributed by atoms with E-state index in [1.165, 1.54) is 0 Å². The molecule has 0 aliphatic heterocycles. The highest BCUT2D eigenvalue weighted by molar-refractivity contribution is 7.95. The molecule has 5 heteroatoms. The monoisotopic (exact) mass is 275 g/mol. The van der Waals surface area contributed by atoms with Crippen molar-refractivity contribution in [1.82, 2.24) is 0 Å². The summed E-state index contributed by atoms with van der Waals surface area (Å²) in [5, 5.41) is 11.0. The SMILES string of the molecule is Cc1ccc(SOc2cccc(C)c2[N+](=O)[O-])cc1. The molecule has 0 unspecified atom stereocenters. The standard InChI is InChI=1S/C14H13NO3S/c1-10-6-8-12(9-7-10)19-18-13-5-3-4-11(2)14(13)15(16)17/h3-9H,1-2H3. The molecule has 0 aliphatic carbocycles. The van der Waals surface area contributed by atoms with Gasteiger partial charge in [0, 0.05) is 10.5 Å². The molecule has 0 atom stereocenters. The van der Waals surface area contributed by atoms with Gasteiger partial charge in [0.15, 0.2) is 0 Å². The van der Waals surface area contributed by atoms with Crippen LogP contribution in [0.2, 0.25) is 0 Å². The molecule has 0 aliphatic rings. The van der Waals surface area contributed by atoms with Crippen molar-refractivity contribution >= 4 is 17.7 Å². The van der Waals surface area contributed by atoms with Gasteiger partial charge >= 0.3 is 5.69 Å². The van der Waals surface area contributed by atoms with Gasteiger partial charge in [-0.25, -0.2) is 0 Å². The van der Waals surface area contributed by atoms with E-state index >= 15 is 0 Å². The Labute approximate surface area is 115 Å². The molecule has 19 heavy (non-hydrogen) atoms. The Bertz CT molecular complexity index is 596. The van der Waals surface area contributed by atoms with Crippen LogP contribution in [0.3, 0.4) is 0 Å². The maximum Gasteiger partial charge on any atom is 0.315 e. The summed E-state index contributed by atoms with van der Waals surface area (Å²) in [6, 6.07) is 12.8. The van der Waals surface area contributed by atoms with Crippen LogP contribution in [-0.4, -0.2) is 4.92 Å². The smallest absolute Gasteiger partial charge is 0.315 e. The number of hydrogen-bond donors (Lipinski definition) is 0. The molecule has 0 saturated heterocycles. The number of nitrogens with zero attached hydrogens (tertiary/aromatic N) is 1. The molecule has 4 nitrogen and oxygen atoms in total. The zero-order valence-corrected chi connectivity index (χ0v) is 11.4. The van der Waals surface area contributed by atoms with Crippen LogP contribution in [0, 0.1) is 24.0 Å². The molecule has 2 aromatic rings. The second kappa shape index (κ2) is 5.75. The van der Waals surface area contributed by atoms with Gasteiger partial charge in [-0.3, -0.25) is 10.1 Å². The van der Waals surface area contributed by atoms with E-state index < -0.39 is 4.92 Å². The van der Waals surface area contributed by atoms with Gasteiger partial charge in [-0.1, -0.05) is 29.8 Å². The van der Waals surface area contributed by atoms with Crippen LogP contribution in [0.15, 0.2) is 47.4 Å². The summed E-state index contributed by atoms with van der Waals surface area (Å²) in [5.74, 6) is 0.274. The minimum Gasteiger partial charge on any atom is -0.413 e. The molecular weight excluding hydrogens is 262 g/mol. The van der Waals surface area contributed by atoms with Crippen molar-refractivity contribution < 1.29 is 9.11 Å². The number of para-hydroxylation sites is 1. The van der Waals surface area contributed by atoms with Gasteiger partial charge in [-0.15, -0.1) is 0 Å². The number of benzene rings is 2. The molecule has 0 N–H and O–H groups in total. The molecule has 0 spiro atoms. The number of nitro groups is 1. The molecule has 2 rings (SSSR count). The summed E-state index contributed by atoms with van der Waals surface area (Å²) in [6.07, 6.45) is 0. The first-order chi connectivity index (χ1) is 9.08. The lowest BCUT2D eigenvalue weighted by atomic mass is 10.2. The Morgan fingerprint density at radius 1 is 1.11 bits per heavy atom. The van der Waals surface area contributed by atoms with E-state index in [0.29, 0.717) is 5.56 Å². The van der Waals surface area contributed by atoms with Crippen LogP contribution in [0.1, 0.15) is 11.1 Å². The summed E-state index contributed by atoms with van der Waals surface area (Å²) >= 11 is 1.12. The van der Waals surface area contributed by atoms with Crippen molar-refractivity contribution in [3.63, 3.8) is 0 Å². The summed E-state index contributed by atoms with van der Waals surface area (Å²) in [7, 11) is 0. The predicted molar refractivity (Wildman–Crippen MR) is 75.5 cm³/mol. The van der Waals surface area contributed by atoms with E-state index in [9.17, 15) is 10.1 Å². The Kier molecular flexibility index (Phi) is 4.06. The summed E-state index contributed by atoms with van der Waals surface area (Å²) in [6.45, 7) is 3.70. The first-order valence-electron chi connectivity index (χ1n) is 5.73. The molecule has 0 heterocycles. The van der Waals surface area contributed by atoms with Crippen LogP contribution in [-0.2, 0) is 0 Å². The fraction of sp³-hybridized carbons (Fsp3) is 0.143. The fourth-order valence-electron chi connectivity index (χ4n) is 1.62. The lowest BCUT2D eigenvalue weighted by Gasteiger charge is -2.06. The Morgan fingerprint density at radius 2 is 1.79 bits per heavy atom. The van der Waals surface area contributed by atoms with Crippen molar-refractivity contribution in [2.75, 3.05) is 0 Å². The fourth-order valence-corrected chi connectivity index (χ4v) is 2.19. The third-order valence-corrected chi connectivity index (χ3v) is 3.36. The third kappa shape index (κ3) is 3.26. The highest BCUT2D eigenvalue weighted by Gasteiger charge is 2.18. The first-order valence-corrected chi connectivity index (χ1v) is 6.47. The average molecular weight is 275 g/mol. The van der Waals surface area contributed by atoms with E-state index in [-0.39, 0.29) is 11.4 Å². The zero-order valence-electron chi connectivity index (χ0n) is 10.6. The van der Waals surface area contributed by atoms with E-state index in [4.69, 9.17) is 4.18 Å². The number of hydrogen-bond acceptors (Lipinski definition) is 4. The highest BCUT2D eigenvalue weighted by atomic mass is 32.2. The van der Waals surface area contributed by atoms with Gasteiger partial charge in [0.25, 0.3) is 0 Å². The molecule has 0 saturated carbocycles. The number of rotatable bonds is 4. The first kappa shape index (κ1) is 13.4. The maximum atomic E-state index is 11.0. The van der Waals surface area contributed by atoms with Crippen LogP contribution in [0.4, 0.5) is 5.69 Å². The lowest BCUT2D eigenvalue weighted by molar-refractivity contribution is -0.386. The zero-order chi connectivity index (χ0) is 13.8. The summed E-state index contributed by atoms with van der Waals surface area (Å²) in [5.41, 5.74) is 1.76. The Morgan fingerprint density at radius 3 is 2.42 bits per heavy atom. The molecule has 0 radical (unpaired) electrons. The quantitative estimate of drug-likeness (QED) is 0.474. The maximum absolute atomic E-state index is 11.0. The van der Waals surface area contributed by atoms with E-state index in [0.717, 1.165) is 22.5 Å².